The summed E-state index contributed by atoms with van der Waals surface area (Å²) in [5.74, 6) is -0.135. The van der Waals surface area contributed by atoms with Crippen LogP contribution in [0.1, 0.15) is 26.2 Å². The summed E-state index contributed by atoms with van der Waals surface area (Å²) in [6, 6.07) is 7.02. The van der Waals surface area contributed by atoms with Crippen molar-refractivity contribution in [1.82, 2.24) is 4.90 Å². The number of anilines is 1. The van der Waals surface area contributed by atoms with Crippen molar-refractivity contribution >= 4 is 33.6 Å². The summed E-state index contributed by atoms with van der Waals surface area (Å²) in [7, 11) is 0. The van der Waals surface area contributed by atoms with Gasteiger partial charge in [-0.3, -0.25) is 4.79 Å². The predicted octanol–water partition coefficient (Wildman–Crippen LogP) is 3.16. The Balaban J connectivity index is 1.96. The summed E-state index contributed by atoms with van der Waals surface area (Å²) in [5, 5.41) is 0. The van der Waals surface area contributed by atoms with Gasteiger partial charge < -0.3 is 4.90 Å². The lowest BCUT2D eigenvalue weighted by Gasteiger charge is -2.35. The number of hydrogen-bond donors (Lipinski definition) is 0. The Bertz CT molecular complexity index is 542. The van der Waals surface area contributed by atoms with Gasteiger partial charge in [0.25, 0.3) is 5.91 Å². The lowest BCUT2D eigenvalue weighted by Crippen LogP contribution is -2.45. The van der Waals surface area contributed by atoms with Crippen molar-refractivity contribution in [2.24, 2.45) is 0 Å². The smallest absolute Gasteiger partial charge is 0.309 e. The third-order valence-corrected chi connectivity index (χ3v) is 4.64. The summed E-state index contributed by atoms with van der Waals surface area (Å²) in [5.41, 5.74) is 0.631. The molecule has 0 aromatic heterocycles. The first-order valence-electron chi connectivity index (χ1n) is 6.52. The minimum atomic E-state index is -0.357. The number of imide groups is 1. The number of halogens is 1. The molecule has 2 fully saturated rings. The maximum atomic E-state index is 12.5. The molecule has 1 saturated carbocycles. The second kappa shape index (κ2) is 4.63. The number of nitrogens with zero attached hydrogens (tertiary/aromatic N) is 2. The van der Waals surface area contributed by atoms with Gasteiger partial charge in [0.15, 0.2) is 0 Å². The molecule has 1 atom stereocenters. The number of benzene rings is 1. The van der Waals surface area contributed by atoms with Crippen LogP contribution in [0.5, 0.6) is 0 Å². The molecule has 0 spiro atoms. The maximum Gasteiger partial charge on any atom is 0.332 e. The topological polar surface area (TPSA) is 40.6 Å². The van der Waals surface area contributed by atoms with Crippen LogP contribution in [0.3, 0.4) is 0 Å². The largest absolute Gasteiger partial charge is 0.332 e. The monoisotopic (exact) mass is 322 g/mol. The van der Waals surface area contributed by atoms with Gasteiger partial charge in [0.05, 0.1) is 5.69 Å². The van der Waals surface area contributed by atoms with Gasteiger partial charge in [-0.05, 0) is 54.2 Å². The molecular formula is C14H15BrN2O2. The zero-order valence-corrected chi connectivity index (χ0v) is 12.3. The Morgan fingerprint density at radius 3 is 2.47 bits per heavy atom. The molecule has 0 bridgehead atoms. The van der Waals surface area contributed by atoms with Crippen molar-refractivity contribution in [3.05, 3.63) is 28.7 Å². The molecule has 19 heavy (non-hydrogen) atoms. The molecule has 1 aliphatic carbocycles. The summed E-state index contributed by atoms with van der Waals surface area (Å²) in [6.45, 7) is 1.81. The normalized spacial score (nSPS) is 24.0. The lowest BCUT2D eigenvalue weighted by atomic mass is 9.91. The fraction of sp³-hybridized carbons (Fsp3) is 0.429. The molecule has 100 valence electrons. The quantitative estimate of drug-likeness (QED) is 0.785. The Morgan fingerprint density at radius 2 is 1.89 bits per heavy atom. The van der Waals surface area contributed by atoms with Crippen LogP contribution in [-0.4, -0.2) is 28.9 Å². The van der Waals surface area contributed by atoms with Crippen LogP contribution in [0.2, 0.25) is 0 Å². The molecule has 1 aromatic carbocycles. The highest BCUT2D eigenvalue weighted by Gasteiger charge is 2.47. The molecule has 1 saturated heterocycles. The average Bonchev–Trinajstić information content (AvgIpc) is 2.53. The molecule has 0 N–H and O–H groups in total. The van der Waals surface area contributed by atoms with E-state index in [2.05, 4.69) is 15.9 Å². The third-order valence-electron chi connectivity index (χ3n) is 3.97. The number of amides is 3. The molecule has 1 aliphatic heterocycles. The molecule has 2 aliphatic rings. The van der Waals surface area contributed by atoms with Crippen LogP contribution in [0, 0.1) is 0 Å². The van der Waals surface area contributed by atoms with E-state index >= 15 is 0 Å². The number of urea groups is 1. The number of para-hydroxylation sites is 1. The minimum Gasteiger partial charge on any atom is -0.309 e. The number of rotatable bonds is 2. The summed E-state index contributed by atoms with van der Waals surface area (Å²) >= 11 is 3.40. The van der Waals surface area contributed by atoms with Crippen molar-refractivity contribution < 1.29 is 9.59 Å². The van der Waals surface area contributed by atoms with E-state index in [9.17, 15) is 9.59 Å². The minimum absolute atomic E-state index is 0.135. The lowest BCUT2D eigenvalue weighted by molar-refractivity contribution is -0.119. The molecule has 1 aromatic rings. The van der Waals surface area contributed by atoms with Gasteiger partial charge in [-0.1, -0.05) is 12.1 Å². The molecule has 3 rings (SSSR count). The van der Waals surface area contributed by atoms with E-state index in [4.69, 9.17) is 0 Å². The second-order valence-electron chi connectivity index (χ2n) is 5.08. The van der Waals surface area contributed by atoms with Crippen LogP contribution in [0.15, 0.2) is 28.7 Å². The van der Waals surface area contributed by atoms with Gasteiger partial charge in [-0.25, -0.2) is 9.69 Å². The van der Waals surface area contributed by atoms with Gasteiger partial charge in [0, 0.05) is 10.5 Å². The number of hydrogen-bond acceptors (Lipinski definition) is 2. The van der Waals surface area contributed by atoms with Gasteiger partial charge >= 0.3 is 6.03 Å². The van der Waals surface area contributed by atoms with Crippen LogP contribution >= 0.6 is 15.9 Å². The van der Waals surface area contributed by atoms with Gasteiger partial charge in [-0.2, -0.15) is 0 Å². The number of carbonyl (C=O) groups is 2. The SMILES string of the molecule is C[C@H]1C(=O)N(c2ccccc2Br)C(=O)N1C1CCC1. The van der Waals surface area contributed by atoms with E-state index in [-0.39, 0.29) is 24.0 Å². The van der Waals surface area contributed by atoms with E-state index in [1.807, 2.05) is 25.1 Å². The van der Waals surface area contributed by atoms with Crippen molar-refractivity contribution in [1.29, 1.82) is 0 Å². The highest BCUT2D eigenvalue weighted by atomic mass is 79.9. The first kappa shape index (κ1) is 12.7. The molecule has 4 nitrogen and oxygen atoms in total. The standard InChI is InChI=1S/C14H15BrN2O2/c1-9-13(18)17(12-8-3-2-7-11(12)15)14(19)16(9)10-5-4-6-10/h2-3,7-10H,4-6H2,1H3/t9-/m0/s1. The third kappa shape index (κ3) is 1.87. The van der Waals surface area contributed by atoms with Crippen molar-refractivity contribution in [2.75, 3.05) is 4.90 Å². The average molecular weight is 323 g/mol. The summed E-state index contributed by atoms with van der Waals surface area (Å²) in [6.07, 6.45) is 3.16. The van der Waals surface area contributed by atoms with Crippen LogP contribution in [0.25, 0.3) is 0 Å². The van der Waals surface area contributed by atoms with Gasteiger partial charge in [-0.15, -0.1) is 0 Å². The van der Waals surface area contributed by atoms with E-state index < -0.39 is 0 Å². The second-order valence-corrected chi connectivity index (χ2v) is 5.93. The van der Waals surface area contributed by atoms with Crippen LogP contribution < -0.4 is 4.90 Å². The van der Waals surface area contributed by atoms with Crippen LogP contribution in [-0.2, 0) is 4.79 Å². The van der Waals surface area contributed by atoms with E-state index in [0.717, 1.165) is 23.7 Å². The van der Waals surface area contributed by atoms with Gasteiger partial charge in [0.2, 0.25) is 0 Å². The Labute approximate surface area is 120 Å². The van der Waals surface area contributed by atoms with Crippen molar-refractivity contribution in [2.45, 2.75) is 38.3 Å². The summed E-state index contributed by atoms with van der Waals surface area (Å²) in [4.78, 5) is 27.9. The van der Waals surface area contributed by atoms with Crippen molar-refractivity contribution in [3.8, 4) is 0 Å². The molecule has 0 radical (unpaired) electrons. The molecule has 5 heteroatoms. The Hall–Kier alpha value is -1.36. The molecular weight excluding hydrogens is 308 g/mol. The van der Waals surface area contributed by atoms with Crippen LogP contribution in [0.4, 0.5) is 10.5 Å². The highest BCUT2D eigenvalue weighted by Crippen LogP contribution is 2.36. The van der Waals surface area contributed by atoms with E-state index in [1.165, 1.54) is 4.90 Å². The Kier molecular flexibility index (Phi) is 3.09. The zero-order valence-electron chi connectivity index (χ0n) is 10.7. The van der Waals surface area contributed by atoms with E-state index in [0.29, 0.717) is 5.69 Å². The van der Waals surface area contributed by atoms with Crippen molar-refractivity contribution in [3.63, 3.8) is 0 Å². The maximum absolute atomic E-state index is 12.5. The number of carbonyl (C=O) groups excluding carboxylic acids is 2. The zero-order chi connectivity index (χ0) is 13.6. The first-order valence-corrected chi connectivity index (χ1v) is 7.31. The predicted molar refractivity (Wildman–Crippen MR) is 76.0 cm³/mol. The fourth-order valence-electron chi connectivity index (χ4n) is 2.67. The first-order chi connectivity index (χ1) is 9.11. The van der Waals surface area contributed by atoms with Gasteiger partial charge in [0.1, 0.15) is 6.04 Å². The molecule has 3 amide bonds. The molecule has 1 heterocycles. The fourth-order valence-corrected chi connectivity index (χ4v) is 3.14. The Morgan fingerprint density at radius 1 is 1.21 bits per heavy atom. The molecule has 0 unspecified atom stereocenters. The summed E-state index contributed by atoms with van der Waals surface area (Å²) < 4.78 is 0.763. The highest BCUT2D eigenvalue weighted by molar-refractivity contribution is 9.10. The van der Waals surface area contributed by atoms with E-state index in [1.54, 1.807) is 11.0 Å².